The third-order valence-corrected chi connectivity index (χ3v) is 5.41. The lowest BCUT2D eigenvalue weighted by Crippen LogP contribution is -2.32. The molecule has 4 nitrogen and oxygen atoms in total. The molecular formula is C18H12Cl4N2O2. The maximum absolute atomic E-state index is 12.7. The molecule has 2 aromatic rings. The number of halogens is 4. The predicted octanol–water partition coefficient (Wildman–Crippen LogP) is 5.78. The first-order valence-electron chi connectivity index (χ1n) is 7.48. The van der Waals surface area contributed by atoms with Gasteiger partial charge < -0.3 is 0 Å². The van der Waals surface area contributed by atoms with Gasteiger partial charge in [0.25, 0.3) is 5.91 Å². The van der Waals surface area contributed by atoms with E-state index in [4.69, 9.17) is 46.4 Å². The summed E-state index contributed by atoms with van der Waals surface area (Å²) in [6.45, 7) is 3.97. The Morgan fingerprint density at radius 2 is 1.19 bits per heavy atom. The highest BCUT2D eigenvalue weighted by atomic mass is 35.5. The number of carbonyl (C=O) groups excluding carboxylic acids is 2. The topological polar surface area (TPSA) is 40.6 Å². The van der Waals surface area contributed by atoms with E-state index in [1.807, 2.05) is 0 Å². The van der Waals surface area contributed by atoms with Crippen LogP contribution < -0.4 is 0 Å². The van der Waals surface area contributed by atoms with Gasteiger partial charge >= 0.3 is 6.03 Å². The summed E-state index contributed by atoms with van der Waals surface area (Å²) in [5, 5.41) is 1.55. The van der Waals surface area contributed by atoms with Crippen molar-refractivity contribution in [3.05, 3.63) is 79.9 Å². The molecule has 134 valence electrons. The Kier molecular flexibility index (Phi) is 5.49. The van der Waals surface area contributed by atoms with Crippen molar-refractivity contribution in [2.45, 2.75) is 13.1 Å². The minimum atomic E-state index is -0.461. The Hall–Kier alpha value is -1.72. The first-order chi connectivity index (χ1) is 12.3. The van der Waals surface area contributed by atoms with E-state index in [1.54, 1.807) is 36.4 Å². The second-order valence-corrected chi connectivity index (χ2v) is 7.33. The number of hydrogen-bond acceptors (Lipinski definition) is 2. The molecule has 3 rings (SSSR count). The van der Waals surface area contributed by atoms with Crippen LogP contribution in [0.5, 0.6) is 0 Å². The van der Waals surface area contributed by atoms with Crippen molar-refractivity contribution in [3.8, 4) is 0 Å². The van der Waals surface area contributed by atoms with Crippen molar-refractivity contribution in [2.75, 3.05) is 0 Å². The summed E-state index contributed by atoms with van der Waals surface area (Å²) >= 11 is 23.8. The molecule has 1 aliphatic rings. The van der Waals surface area contributed by atoms with Crippen molar-refractivity contribution in [2.24, 2.45) is 0 Å². The van der Waals surface area contributed by atoms with Gasteiger partial charge in [-0.3, -0.25) is 14.6 Å². The second kappa shape index (κ2) is 7.49. The van der Waals surface area contributed by atoms with E-state index >= 15 is 0 Å². The molecule has 0 unspecified atom stereocenters. The summed E-state index contributed by atoms with van der Waals surface area (Å²) < 4.78 is 0. The summed E-state index contributed by atoms with van der Waals surface area (Å²) in [4.78, 5) is 27.6. The summed E-state index contributed by atoms with van der Waals surface area (Å²) in [7, 11) is 0. The second-order valence-electron chi connectivity index (χ2n) is 5.70. The highest BCUT2D eigenvalue weighted by molar-refractivity contribution is 6.42. The van der Waals surface area contributed by atoms with Crippen molar-refractivity contribution in [1.29, 1.82) is 0 Å². The van der Waals surface area contributed by atoms with Gasteiger partial charge in [-0.05, 0) is 35.4 Å². The van der Waals surface area contributed by atoms with Gasteiger partial charge in [0.1, 0.15) is 5.70 Å². The van der Waals surface area contributed by atoms with E-state index in [1.165, 1.54) is 4.90 Å². The van der Waals surface area contributed by atoms with Crippen LogP contribution in [0.2, 0.25) is 20.1 Å². The fraction of sp³-hybridized carbons (Fsp3) is 0.111. The zero-order valence-electron chi connectivity index (χ0n) is 13.3. The Morgan fingerprint density at radius 1 is 0.731 bits per heavy atom. The van der Waals surface area contributed by atoms with Crippen LogP contribution in [-0.4, -0.2) is 21.7 Å². The molecule has 3 amide bonds. The van der Waals surface area contributed by atoms with Gasteiger partial charge in [0.15, 0.2) is 0 Å². The highest BCUT2D eigenvalue weighted by Gasteiger charge is 2.39. The Bertz CT molecular complexity index is 856. The van der Waals surface area contributed by atoms with Crippen LogP contribution in [0.1, 0.15) is 11.1 Å². The number of amides is 3. The molecule has 8 heteroatoms. The van der Waals surface area contributed by atoms with Crippen LogP contribution in [0.25, 0.3) is 0 Å². The molecule has 2 aromatic carbocycles. The molecule has 1 fully saturated rings. The molecule has 0 bridgehead atoms. The first kappa shape index (κ1) is 19.1. The molecule has 0 atom stereocenters. The average Bonchev–Trinajstić information content (AvgIpc) is 2.79. The molecule has 0 N–H and O–H groups in total. The normalized spacial score (nSPS) is 14.5. The lowest BCUT2D eigenvalue weighted by atomic mass is 10.2. The van der Waals surface area contributed by atoms with Crippen LogP contribution in [0.4, 0.5) is 4.79 Å². The number of urea groups is 1. The Morgan fingerprint density at radius 3 is 1.65 bits per heavy atom. The Labute approximate surface area is 170 Å². The van der Waals surface area contributed by atoms with Crippen LogP contribution >= 0.6 is 46.4 Å². The van der Waals surface area contributed by atoms with E-state index in [0.717, 1.165) is 10.5 Å². The number of carbonyl (C=O) groups is 2. The molecule has 0 radical (unpaired) electrons. The molecule has 0 spiro atoms. The lowest BCUT2D eigenvalue weighted by Gasteiger charge is -2.17. The highest BCUT2D eigenvalue weighted by Crippen LogP contribution is 2.29. The fourth-order valence-electron chi connectivity index (χ4n) is 2.56. The summed E-state index contributed by atoms with van der Waals surface area (Å²) in [6, 6.07) is 9.51. The summed E-state index contributed by atoms with van der Waals surface area (Å²) in [6.07, 6.45) is 0. The monoisotopic (exact) mass is 428 g/mol. The first-order valence-corrected chi connectivity index (χ1v) is 8.99. The third-order valence-electron chi connectivity index (χ3n) is 3.93. The van der Waals surface area contributed by atoms with Gasteiger partial charge in [-0.2, -0.15) is 0 Å². The number of benzene rings is 2. The van der Waals surface area contributed by atoms with E-state index in [9.17, 15) is 9.59 Å². The van der Waals surface area contributed by atoms with Gasteiger partial charge in [-0.15, -0.1) is 0 Å². The lowest BCUT2D eigenvalue weighted by molar-refractivity contribution is -0.123. The SMILES string of the molecule is C=C1C(=O)N(Cc2ccc(Cl)c(Cl)c2)C(=O)N1Cc1ccc(Cl)c(Cl)c1. The van der Waals surface area contributed by atoms with Gasteiger partial charge in [0, 0.05) is 0 Å². The molecule has 0 aliphatic carbocycles. The molecule has 1 aliphatic heterocycles. The van der Waals surface area contributed by atoms with Crippen molar-refractivity contribution >= 4 is 58.3 Å². The summed E-state index contributed by atoms with van der Waals surface area (Å²) in [5.74, 6) is -0.457. The number of rotatable bonds is 4. The molecule has 0 saturated carbocycles. The van der Waals surface area contributed by atoms with Crippen LogP contribution in [0.15, 0.2) is 48.7 Å². The van der Waals surface area contributed by atoms with E-state index in [0.29, 0.717) is 25.7 Å². The Balaban J connectivity index is 1.80. The van der Waals surface area contributed by atoms with Crippen LogP contribution in [-0.2, 0) is 17.9 Å². The predicted molar refractivity (Wildman–Crippen MR) is 104 cm³/mol. The van der Waals surface area contributed by atoms with Gasteiger partial charge in [-0.25, -0.2) is 4.79 Å². The number of hydrogen-bond donors (Lipinski definition) is 0. The smallest absolute Gasteiger partial charge is 0.285 e. The molecule has 26 heavy (non-hydrogen) atoms. The summed E-state index contributed by atoms with van der Waals surface area (Å²) in [5.41, 5.74) is 1.52. The number of nitrogens with zero attached hydrogens (tertiary/aromatic N) is 2. The van der Waals surface area contributed by atoms with Gasteiger partial charge in [0.2, 0.25) is 0 Å². The average molecular weight is 430 g/mol. The maximum Gasteiger partial charge on any atom is 0.332 e. The van der Waals surface area contributed by atoms with Crippen molar-refractivity contribution in [1.82, 2.24) is 9.80 Å². The zero-order valence-corrected chi connectivity index (χ0v) is 16.3. The molecule has 1 saturated heterocycles. The standard InChI is InChI=1S/C18H12Cl4N2O2/c1-10-17(25)24(9-12-3-5-14(20)16(22)7-12)18(26)23(10)8-11-2-4-13(19)15(21)6-11/h2-7H,1,8-9H2. The quantitative estimate of drug-likeness (QED) is 0.456. The fourth-order valence-corrected chi connectivity index (χ4v) is 3.20. The van der Waals surface area contributed by atoms with Crippen molar-refractivity contribution < 1.29 is 9.59 Å². The van der Waals surface area contributed by atoms with Gasteiger partial charge in [0.05, 0.1) is 33.2 Å². The van der Waals surface area contributed by atoms with E-state index in [2.05, 4.69) is 6.58 Å². The van der Waals surface area contributed by atoms with Crippen LogP contribution in [0, 0.1) is 0 Å². The molecular weight excluding hydrogens is 418 g/mol. The van der Waals surface area contributed by atoms with Crippen molar-refractivity contribution in [3.63, 3.8) is 0 Å². The minimum Gasteiger partial charge on any atom is -0.285 e. The largest absolute Gasteiger partial charge is 0.332 e. The molecule has 0 aromatic heterocycles. The molecule has 1 heterocycles. The zero-order chi connectivity index (χ0) is 19.0. The van der Waals surface area contributed by atoms with E-state index in [-0.39, 0.29) is 18.8 Å². The minimum absolute atomic E-state index is 0.0749. The number of imide groups is 1. The van der Waals surface area contributed by atoms with Gasteiger partial charge in [-0.1, -0.05) is 65.1 Å². The van der Waals surface area contributed by atoms with E-state index < -0.39 is 11.9 Å². The third kappa shape index (κ3) is 3.69. The maximum atomic E-state index is 12.7. The van der Waals surface area contributed by atoms with Crippen LogP contribution in [0.3, 0.4) is 0 Å².